The topological polar surface area (TPSA) is 29.5 Å². The first-order valence-electron chi connectivity index (χ1n) is 6.22. The molecule has 3 heteroatoms. The van der Waals surface area contributed by atoms with Crippen LogP contribution < -0.4 is 0 Å². The fourth-order valence-electron chi connectivity index (χ4n) is 2.97. The van der Waals surface area contributed by atoms with Crippen molar-refractivity contribution in [2.24, 2.45) is 0 Å². The lowest BCUT2D eigenvalue weighted by Gasteiger charge is -2.40. The maximum atomic E-state index is 12.1. The molecule has 0 spiro atoms. The molecule has 2 atom stereocenters. The highest BCUT2D eigenvalue weighted by Gasteiger charge is 2.48. The van der Waals surface area contributed by atoms with Gasteiger partial charge in [-0.3, -0.25) is 4.79 Å². The molecule has 2 fully saturated rings. The Morgan fingerprint density at radius 1 is 1.35 bits per heavy atom. The minimum atomic E-state index is -0.379. The van der Waals surface area contributed by atoms with Crippen molar-refractivity contribution in [2.75, 3.05) is 6.61 Å². The number of rotatable bonds is 1. The second-order valence-electron chi connectivity index (χ2n) is 5.03. The zero-order valence-electron chi connectivity index (χ0n) is 10.1. The molecule has 1 amide bonds. The van der Waals surface area contributed by atoms with Crippen LogP contribution in [0, 0.1) is 0 Å². The third-order valence-electron chi connectivity index (χ3n) is 3.86. The molecule has 0 unspecified atom stereocenters. The predicted molar refractivity (Wildman–Crippen MR) is 64.2 cm³/mol. The lowest BCUT2D eigenvalue weighted by molar-refractivity contribution is -0.156. The van der Waals surface area contributed by atoms with Gasteiger partial charge in [0, 0.05) is 6.42 Å². The van der Waals surface area contributed by atoms with Gasteiger partial charge in [-0.25, -0.2) is 0 Å². The summed E-state index contributed by atoms with van der Waals surface area (Å²) in [6.07, 6.45) is 2.54. The van der Waals surface area contributed by atoms with E-state index in [1.807, 2.05) is 30.0 Å². The molecule has 1 aromatic rings. The lowest BCUT2D eigenvalue weighted by atomic mass is 9.96. The standard InChI is InChI=1S/C14H17NO2/c1-14-9-5-8-13(16)15(14)12(10-17-14)11-6-3-2-4-7-11/h2-4,6-7,12H,5,8-10H2,1H3/t12-,14-/m0/s1. The highest BCUT2D eigenvalue weighted by molar-refractivity contribution is 5.78. The third-order valence-corrected chi connectivity index (χ3v) is 3.86. The van der Waals surface area contributed by atoms with Gasteiger partial charge in [0.25, 0.3) is 0 Å². The van der Waals surface area contributed by atoms with Gasteiger partial charge in [-0.05, 0) is 25.3 Å². The van der Waals surface area contributed by atoms with Crippen LogP contribution in [0.5, 0.6) is 0 Å². The van der Waals surface area contributed by atoms with Crippen molar-refractivity contribution < 1.29 is 9.53 Å². The maximum absolute atomic E-state index is 12.1. The average molecular weight is 231 g/mol. The van der Waals surface area contributed by atoms with Gasteiger partial charge in [-0.15, -0.1) is 0 Å². The number of carbonyl (C=O) groups is 1. The highest BCUT2D eigenvalue weighted by Crippen LogP contribution is 2.42. The molecule has 1 aromatic carbocycles. The minimum absolute atomic E-state index is 0.0917. The highest BCUT2D eigenvalue weighted by atomic mass is 16.5. The van der Waals surface area contributed by atoms with Gasteiger partial charge in [0.1, 0.15) is 5.72 Å². The largest absolute Gasteiger partial charge is 0.353 e. The van der Waals surface area contributed by atoms with Crippen molar-refractivity contribution in [3.05, 3.63) is 35.9 Å². The van der Waals surface area contributed by atoms with E-state index < -0.39 is 0 Å². The number of piperidine rings is 1. The third kappa shape index (κ3) is 1.65. The average Bonchev–Trinajstić information content (AvgIpc) is 2.69. The molecule has 90 valence electrons. The van der Waals surface area contributed by atoms with Crippen molar-refractivity contribution in [3.63, 3.8) is 0 Å². The van der Waals surface area contributed by atoms with Crippen molar-refractivity contribution in [1.82, 2.24) is 4.90 Å². The van der Waals surface area contributed by atoms with Crippen molar-refractivity contribution >= 4 is 5.91 Å². The number of benzene rings is 1. The molecule has 0 radical (unpaired) electrons. The number of amides is 1. The molecule has 0 bridgehead atoms. The Hall–Kier alpha value is -1.35. The predicted octanol–water partition coefficient (Wildman–Crippen LogP) is 2.49. The van der Waals surface area contributed by atoms with E-state index in [0.29, 0.717) is 13.0 Å². The lowest BCUT2D eigenvalue weighted by Crippen LogP contribution is -2.49. The van der Waals surface area contributed by atoms with Gasteiger partial charge in [-0.1, -0.05) is 30.3 Å². The number of ether oxygens (including phenoxy) is 1. The van der Waals surface area contributed by atoms with Crippen LogP contribution in [0.1, 0.15) is 37.8 Å². The number of nitrogens with zero attached hydrogens (tertiary/aromatic N) is 1. The van der Waals surface area contributed by atoms with E-state index in [9.17, 15) is 4.79 Å². The molecular weight excluding hydrogens is 214 g/mol. The van der Waals surface area contributed by atoms with Gasteiger partial charge in [0.05, 0.1) is 12.6 Å². The first-order valence-corrected chi connectivity index (χ1v) is 6.22. The van der Waals surface area contributed by atoms with Crippen LogP contribution in [0.25, 0.3) is 0 Å². The van der Waals surface area contributed by atoms with E-state index in [-0.39, 0.29) is 17.7 Å². The summed E-state index contributed by atoms with van der Waals surface area (Å²) in [5.74, 6) is 0.227. The molecule has 2 saturated heterocycles. The van der Waals surface area contributed by atoms with E-state index in [0.717, 1.165) is 12.8 Å². The van der Waals surface area contributed by atoms with Crippen LogP contribution in [-0.4, -0.2) is 23.1 Å². The Morgan fingerprint density at radius 2 is 2.12 bits per heavy atom. The minimum Gasteiger partial charge on any atom is -0.353 e. The molecule has 17 heavy (non-hydrogen) atoms. The first kappa shape index (κ1) is 10.8. The first-order chi connectivity index (χ1) is 8.21. The SMILES string of the molecule is C[C@]12CCCC(=O)N1[C@H](c1ccccc1)CO2. The van der Waals surface area contributed by atoms with E-state index in [2.05, 4.69) is 12.1 Å². The normalized spacial score (nSPS) is 32.6. The Labute approximate surface area is 101 Å². The quantitative estimate of drug-likeness (QED) is 0.743. The number of hydrogen-bond donors (Lipinski definition) is 0. The van der Waals surface area contributed by atoms with E-state index in [1.165, 1.54) is 5.56 Å². The summed E-state index contributed by atoms with van der Waals surface area (Å²) in [4.78, 5) is 14.1. The van der Waals surface area contributed by atoms with Crippen molar-refractivity contribution in [1.29, 1.82) is 0 Å². The van der Waals surface area contributed by atoms with Crippen LogP contribution >= 0.6 is 0 Å². The molecule has 2 heterocycles. The summed E-state index contributed by atoms with van der Waals surface area (Å²) in [7, 11) is 0. The smallest absolute Gasteiger partial charge is 0.225 e. The zero-order valence-corrected chi connectivity index (χ0v) is 10.1. The van der Waals surface area contributed by atoms with Gasteiger partial charge in [0.15, 0.2) is 0 Å². The summed E-state index contributed by atoms with van der Waals surface area (Å²) < 4.78 is 5.89. The van der Waals surface area contributed by atoms with Crippen LogP contribution in [0.4, 0.5) is 0 Å². The fraction of sp³-hybridized carbons (Fsp3) is 0.500. The Morgan fingerprint density at radius 3 is 2.88 bits per heavy atom. The molecular formula is C14H17NO2. The van der Waals surface area contributed by atoms with Gasteiger partial charge in [0.2, 0.25) is 5.91 Å². The Balaban J connectivity index is 1.95. The zero-order chi connectivity index (χ0) is 11.9. The van der Waals surface area contributed by atoms with Gasteiger partial charge in [-0.2, -0.15) is 0 Å². The van der Waals surface area contributed by atoms with Crippen LogP contribution in [0.15, 0.2) is 30.3 Å². The van der Waals surface area contributed by atoms with Crippen LogP contribution in [0.2, 0.25) is 0 Å². The molecule has 2 aliphatic heterocycles. The van der Waals surface area contributed by atoms with Gasteiger partial charge < -0.3 is 9.64 Å². The maximum Gasteiger partial charge on any atom is 0.225 e. The summed E-state index contributed by atoms with van der Waals surface area (Å²) in [6.45, 7) is 2.65. The summed E-state index contributed by atoms with van der Waals surface area (Å²) in [5.41, 5.74) is 0.794. The van der Waals surface area contributed by atoms with E-state index >= 15 is 0 Å². The Bertz CT molecular complexity index is 431. The molecule has 3 rings (SSSR count). The Kier molecular flexibility index (Phi) is 2.44. The molecule has 0 N–H and O–H groups in total. The number of fused-ring (bicyclic) bond motifs is 1. The second kappa shape index (κ2) is 3.84. The van der Waals surface area contributed by atoms with E-state index in [4.69, 9.17) is 4.74 Å². The summed E-state index contributed by atoms with van der Waals surface area (Å²) in [6, 6.07) is 10.3. The fourth-order valence-corrected chi connectivity index (χ4v) is 2.97. The van der Waals surface area contributed by atoms with Crippen LogP contribution in [-0.2, 0) is 9.53 Å². The summed E-state index contributed by atoms with van der Waals surface area (Å²) in [5, 5.41) is 0. The van der Waals surface area contributed by atoms with Crippen LogP contribution in [0.3, 0.4) is 0 Å². The second-order valence-corrected chi connectivity index (χ2v) is 5.03. The summed E-state index contributed by atoms with van der Waals surface area (Å²) >= 11 is 0. The van der Waals surface area contributed by atoms with Crippen molar-refractivity contribution in [2.45, 2.75) is 38.0 Å². The molecule has 2 aliphatic rings. The van der Waals surface area contributed by atoms with Crippen molar-refractivity contribution in [3.8, 4) is 0 Å². The molecule has 0 aromatic heterocycles. The van der Waals surface area contributed by atoms with E-state index in [1.54, 1.807) is 0 Å². The number of carbonyl (C=O) groups excluding carboxylic acids is 1. The number of hydrogen-bond acceptors (Lipinski definition) is 2. The van der Waals surface area contributed by atoms with Gasteiger partial charge >= 0.3 is 0 Å². The monoisotopic (exact) mass is 231 g/mol. The molecule has 0 saturated carbocycles. The molecule has 0 aliphatic carbocycles. The molecule has 3 nitrogen and oxygen atoms in total.